The lowest BCUT2D eigenvalue weighted by atomic mass is 10.0. The number of amides is 1. The van der Waals surface area contributed by atoms with Crippen molar-refractivity contribution in [3.63, 3.8) is 0 Å². The van der Waals surface area contributed by atoms with Crippen molar-refractivity contribution >= 4 is 11.6 Å². The van der Waals surface area contributed by atoms with Crippen molar-refractivity contribution in [3.05, 3.63) is 66.4 Å². The molecule has 9 heteroatoms. The Morgan fingerprint density at radius 1 is 1.12 bits per heavy atom. The molecule has 9 nitrogen and oxygen atoms in total. The quantitative estimate of drug-likeness (QED) is 0.466. The molecule has 3 heterocycles. The van der Waals surface area contributed by atoms with Crippen LogP contribution in [0.15, 0.2) is 65.3 Å². The van der Waals surface area contributed by atoms with Crippen LogP contribution in [0.5, 0.6) is 0 Å². The molecule has 1 aliphatic heterocycles. The third kappa shape index (κ3) is 4.34. The minimum absolute atomic E-state index is 0.0353. The third-order valence-electron chi connectivity index (χ3n) is 5.85. The molecule has 1 aliphatic rings. The molecule has 1 saturated heterocycles. The number of likely N-dealkylation sites (tertiary alicyclic amines) is 1. The van der Waals surface area contributed by atoms with Gasteiger partial charge in [-0.2, -0.15) is 4.98 Å². The number of aromatic nitrogens is 5. The summed E-state index contributed by atoms with van der Waals surface area (Å²) < 4.78 is 7.21. The van der Waals surface area contributed by atoms with Crippen LogP contribution in [0.25, 0.3) is 23.0 Å². The van der Waals surface area contributed by atoms with Crippen LogP contribution >= 0.6 is 0 Å². The lowest BCUT2D eigenvalue weighted by Crippen LogP contribution is -2.40. The van der Waals surface area contributed by atoms with E-state index in [4.69, 9.17) is 4.52 Å². The van der Waals surface area contributed by atoms with E-state index < -0.39 is 0 Å². The first kappa shape index (κ1) is 20.9. The first-order chi connectivity index (χ1) is 16.1. The van der Waals surface area contributed by atoms with Gasteiger partial charge in [-0.1, -0.05) is 46.8 Å². The molecule has 0 radical (unpaired) electrons. The van der Waals surface area contributed by atoms with Crippen LogP contribution < -0.4 is 4.90 Å². The summed E-state index contributed by atoms with van der Waals surface area (Å²) in [5.74, 6) is 0.868. The second-order valence-electron chi connectivity index (χ2n) is 8.36. The maximum absolute atomic E-state index is 13.1. The molecule has 5 rings (SSSR count). The number of carbonyl (C=O) groups excluding carboxylic acids is 1. The molecule has 1 amide bonds. The Kier molecular flexibility index (Phi) is 5.60. The van der Waals surface area contributed by atoms with Crippen LogP contribution in [0.4, 0.5) is 5.69 Å². The van der Waals surface area contributed by atoms with Crippen molar-refractivity contribution in [1.29, 1.82) is 0 Å². The van der Waals surface area contributed by atoms with Crippen LogP contribution in [0.3, 0.4) is 0 Å². The van der Waals surface area contributed by atoms with Gasteiger partial charge in [-0.3, -0.25) is 4.79 Å². The number of hydrogen-bond acceptors (Lipinski definition) is 7. The van der Waals surface area contributed by atoms with E-state index in [1.807, 2.05) is 84.7 Å². The molecule has 0 bridgehead atoms. The lowest BCUT2D eigenvalue weighted by Gasteiger charge is -2.32. The Morgan fingerprint density at radius 3 is 2.79 bits per heavy atom. The minimum atomic E-state index is 0.0353. The molecule has 4 aromatic rings. The van der Waals surface area contributed by atoms with Gasteiger partial charge < -0.3 is 14.3 Å². The Labute approximate surface area is 191 Å². The number of nitrogens with zero attached hydrogens (tertiary/aromatic N) is 7. The summed E-state index contributed by atoms with van der Waals surface area (Å²) >= 11 is 0. The molecule has 33 heavy (non-hydrogen) atoms. The molecule has 168 valence electrons. The van der Waals surface area contributed by atoms with E-state index in [2.05, 4.69) is 20.5 Å². The Hall–Kier alpha value is -4.01. The van der Waals surface area contributed by atoms with Crippen molar-refractivity contribution in [3.8, 4) is 23.0 Å². The van der Waals surface area contributed by atoms with Gasteiger partial charge in [0.1, 0.15) is 0 Å². The van der Waals surface area contributed by atoms with Crippen molar-refractivity contribution in [2.75, 3.05) is 32.1 Å². The molecule has 0 N–H and O–H groups in total. The molecular weight excluding hydrogens is 418 g/mol. The lowest BCUT2D eigenvalue weighted by molar-refractivity contribution is 0.0672. The van der Waals surface area contributed by atoms with E-state index in [1.54, 1.807) is 4.68 Å². The number of benzene rings is 2. The van der Waals surface area contributed by atoms with Gasteiger partial charge in [0.05, 0.1) is 12.2 Å². The van der Waals surface area contributed by atoms with Gasteiger partial charge in [-0.15, -0.1) is 5.10 Å². The highest BCUT2D eigenvalue weighted by Gasteiger charge is 2.27. The SMILES string of the molecule is CN(C)c1cccc(C(=O)N2CCCC(n3cc(-c4nc(-c5ccccc5)no4)nn3)C2)c1. The van der Waals surface area contributed by atoms with Gasteiger partial charge in [-0.05, 0) is 31.0 Å². The summed E-state index contributed by atoms with van der Waals surface area (Å²) in [6.07, 6.45) is 3.63. The number of rotatable bonds is 5. The maximum Gasteiger partial charge on any atom is 0.280 e. The smallest absolute Gasteiger partial charge is 0.280 e. The zero-order valence-corrected chi connectivity index (χ0v) is 18.6. The van der Waals surface area contributed by atoms with Crippen LogP contribution in [0, 0.1) is 0 Å². The summed E-state index contributed by atoms with van der Waals surface area (Å²) in [5.41, 5.74) is 3.09. The zero-order chi connectivity index (χ0) is 22.8. The molecule has 0 spiro atoms. The summed E-state index contributed by atoms with van der Waals surface area (Å²) in [5, 5.41) is 12.6. The fourth-order valence-electron chi connectivity index (χ4n) is 4.04. The molecule has 1 unspecified atom stereocenters. The Morgan fingerprint density at radius 2 is 1.97 bits per heavy atom. The zero-order valence-electron chi connectivity index (χ0n) is 18.6. The minimum Gasteiger partial charge on any atom is -0.378 e. The third-order valence-corrected chi connectivity index (χ3v) is 5.85. The molecule has 1 atom stereocenters. The van der Waals surface area contributed by atoms with E-state index in [9.17, 15) is 4.79 Å². The molecule has 0 saturated carbocycles. The van der Waals surface area contributed by atoms with E-state index in [0.29, 0.717) is 29.5 Å². The van der Waals surface area contributed by atoms with Crippen molar-refractivity contribution in [1.82, 2.24) is 30.0 Å². The predicted molar refractivity (Wildman–Crippen MR) is 124 cm³/mol. The average molecular weight is 444 g/mol. The summed E-state index contributed by atoms with van der Waals surface area (Å²) in [6.45, 7) is 1.31. The van der Waals surface area contributed by atoms with Crippen LogP contribution in [-0.2, 0) is 0 Å². The number of hydrogen-bond donors (Lipinski definition) is 0. The van der Waals surface area contributed by atoms with Crippen molar-refractivity contribution in [2.45, 2.75) is 18.9 Å². The molecule has 0 aliphatic carbocycles. The normalized spacial score (nSPS) is 16.1. The second-order valence-corrected chi connectivity index (χ2v) is 8.36. The second kappa shape index (κ2) is 8.85. The Balaban J connectivity index is 1.30. The van der Waals surface area contributed by atoms with E-state index in [-0.39, 0.29) is 11.9 Å². The highest BCUT2D eigenvalue weighted by atomic mass is 16.5. The fraction of sp³-hybridized carbons (Fsp3) is 0.292. The van der Waals surface area contributed by atoms with Crippen LogP contribution in [-0.4, -0.2) is 63.1 Å². The topological polar surface area (TPSA) is 93.2 Å². The van der Waals surface area contributed by atoms with Gasteiger partial charge in [0.25, 0.3) is 11.8 Å². The van der Waals surface area contributed by atoms with Crippen molar-refractivity contribution in [2.24, 2.45) is 0 Å². The Bertz CT molecular complexity index is 1250. The van der Waals surface area contributed by atoms with Gasteiger partial charge in [-0.25, -0.2) is 4.68 Å². The van der Waals surface area contributed by atoms with E-state index >= 15 is 0 Å². The molecular formula is C24H25N7O2. The molecule has 2 aromatic carbocycles. The number of piperidine rings is 1. The molecule has 2 aromatic heterocycles. The standard InChI is InChI=1S/C24H25N7O2/c1-29(2)19-11-6-10-18(14-19)24(32)30-13-7-12-20(15-30)31-16-21(26-28-31)23-25-22(27-33-23)17-8-4-3-5-9-17/h3-6,8-11,14,16,20H,7,12-13,15H2,1-2H3. The highest BCUT2D eigenvalue weighted by molar-refractivity contribution is 5.95. The van der Waals surface area contributed by atoms with E-state index in [1.165, 1.54) is 0 Å². The van der Waals surface area contributed by atoms with Crippen molar-refractivity contribution < 1.29 is 9.32 Å². The van der Waals surface area contributed by atoms with E-state index in [0.717, 1.165) is 30.6 Å². The highest BCUT2D eigenvalue weighted by Crippen LogP contribution is 2.26. The summed E-state index contributed by atoms with van der Waals surface area (Å²) in [6, 6.07) is 17.4. The summed E-state index contributed by atoms with van der Waals surface area (Å²) in [4.78, 5) is 21.5. The largest absolute Gasteiger partial charge is 0.378 e. The number of anilines is 1. The van der Waals surface area contributed by atoms with Crippen LogP contribution in [0.2, 0.25) is 0 Å². The first-order valence-electron chi connectivity index (χ1n) is 11.0. The van der Waals surface area contributed by atoms with Gasteiger partial charge in [0.2, 0.25) is 5.82 Å². The maximum atomic E-state index is 13.1. The molecule has 1 fully saturated rings. The summed E-state index contributed by atoms with van der Waals surface area (Å²) in [7, 11) is 3.93. The first-order valence-corrected chi connectivity index (χ1v) is 11.0. The van der Waals surface area contributed by atoms with Gasteiger partial charge in [0, 0.05) is 44.0 Å². The van der Waals surface area contributed by atoms with Gasteiger partial charge >= 0.3 is 0 Å². The fourth-order valence-corrected chi connectivity index (χ4v) is 4.04. The van der Waals surface area contributed by atoms with Gasteiger partial charge in [0.15, 0.2) is 5.69 Å². The average Bonchev–Trinajstić information content (AvgIpc) is 3.54. The monoisotopic (exact) mass is 443 g/mol. The van der Waals surface area contributed by atoms with Crippen LogP contribution in [0.1, 0.15) is 29.2 Å². The number of carbonyl (C=O) groups is 1. The predicted octanol–water partition coefficient (Wildman–Crippen LogP) is 3.54.